The van der Waals surface area contributed by atoms with Gasteiger partial charge in [-0.2, -0.15) is 0 Å². The summed E-state index contributed by atoms with van der Waals surface area (Å²) in [6, 6.07) is 6.34. The number of aromatic amines is 1. The van der Waals surface area contributed by atoms with E-state index in [4.69, 9.17) is 5.73 Å². The van der Waals surface area contributed by atoms with Gasteiger partial charge in [0.15, 0.2) is 0 Å². The van der Waals surface area contributed by atoms with Gasteiger partial charge in [0, 0.05) is 17.4 Å². The summed E-state index contributed by atoms with van der Waals surface area (Å²) in [6.07, 6.45) is 2.50. The Morgan fingerprint density at radius 2 is 2.21 bits per heavy atom. The Morgan fingerprint density at radius 3 is 3.05 bits per heavy atom. The molecule has 0 atom stereocenters. The highest BCUT2D eigenvalue weighted by Gasteiger charge is 2.10. The zero-order chi connectivity index (χ0) is 13.2. The fourth-order valence-corrected chi connectivity index (χ4v) is 2.29. The zero-order valence-electron chi connectivity index (χ0n) is 10.9. The van der Waals surface area contributed by atoms with E-state index < -0.39 is 0 Å². The molecule has 4 N–H and O–H groups in total. The third-order valence-corrected chi connectivity index (χ3v) is 3.22. The summed E-state index contributed by atoms with van der Waals surface area (Å²) in [4.78, 5) is 12.0. The van der Waals surface area contributed by atoms with E-state index in [1.807, 2.05) is 0 Å². The maximum atomic E-state index is 5.51. The van der Waals surface area contributed by atoms with Crippen molar-refractivity contribution in [3.8, 4) is 0 Å². The monoisotopic (exact) mass is 255 g/mol. The number of benzene rings is 1. The molecule has 0 aliphatic carbocycles. The lowest BCUT2D eigenvalue weighted by molar-refractivity contribution is 0.871. The van der Waals surface area contributed by atoms with Gasteiger partial charge in [-0.1, -0.05) is 12.1 Å². The molecule has 0 spiro atoms. The highest BCUT2D eigenvalue weighted by atomic mass is 15.0. The summed E-state index contributed by atoms with van der Waals surface area (Å²) >= 11 is 0. The van der Waals surface area contributed by atoms with Crippen LogP contribution in [0.5, 0.6) is 0 Å². The van der Waals surface area contributed by atoms with Crippen molar-refractivity contribution in [3.63, 3.8) is 0 Å². The van der Waals surface area contributed by atoms with Crippen LogP contribution in [-0.2, 0) is 0 Å². The van der Waals surface area contributed by atoms with Crippen molar-refractivity contribution in [1.29, 1.82) is 0 Å². The summed E-state index contributed by atoms with van der Waals surface area (Å²) in [5.74, 6) is 0.869. The SMILES string of the molecule is Cc1ccc2c(c1)[nH]c1ncnc(NCCCN)c12. The van der Waals surface area contributed by atoms with Crippen LogP contribution in [0, 0.1) is 6.92 Å². The number of aromatic nitrogens is 3. The first-order chi connectivity index (χ1) is 9.29. The molecule has 3 aromatic rings. The van der Waals surface area contributed by atoms with E-state index in [9.17, 15) is 0 Å². The molecule has 0 saturated carbocycles. The number of nitrogens with one attached hydrogen (secondary N) is 2. The molecule has 0 saturated heterocycles. The van der Waals surface area contributed by atoms with Gasteiger partial charge < -0.3 is 16.0 Å². The molecule has 5 nitrogen and oxygen atoms in total. The maximum absolute atomic E-state index is 5.51. The Balaban J connectivity index is 2.14. The fraction of sp³-hybridized carbons (Fsp3) is 0.286. The smallest absolute Gasteiger partial charge is 0.143 e. The predicted octanol–water partition coefficient (Wildman–Crippen LogP) is 2.18. The van der Waals surface area contributed by atoms with Gasteiger partial charge in [-0.15, -0.1) is 0 Å². The lowest BCUT2D eigenvalue weighted by atomic mass is 10.1. The molecule has 0 bridgehead atoms. The number of hydrogen-bond donors (Lipinski definition) is 3. The van der Waals surface area contributed by atoms with E-state index in [0.717, 1.165) is 40.7 Å². The summed E-state index contributed by atoms with van der Waals surface area (Å²) in [7, 11) is 0. The average Bonchev–Trinajstić information content (AvgIpc) is 2.77. The number of hydrogen-bond acceptors (Lipinski definition) is 4. The average molecular weight is 255 g/mol. The third kappa shape index (κ3) is 2.13. The number of anilines is 1. The largest absolute Gasteiger partial charge is 0.369 e. The minimum absolute atomic E-state index is 0.675. The summed E-state index contributed by atoms with van der Waals surface area (Å²) in [6.45, 7) is 3.58. The first-order valence-corrected chi connectivity index (χ1v) is 6.46. The number of H-pyrrole nitrogens is 1. The molecular formula is C14H17N5. The molecule has 0 aliphatic heterocycles. The van der Waals surface area contributed by atoms with Crippen LogP contribution >= 0.6 is 0 Å². The minimum Gasteiger partial charge on any atom is -0.369 e. The fourth-order valence-electron chi connectivity index (χ4n) is 2.29. The van der Waals surface area contributed by atoms with Crippen LogP contribution in [0.25, 0.3) is 21.9 Å². The first kappa shape index (κ1) is 11.9. The molecule has 2 aromatic heterocycles. The van der Waals surface area contributed by atoms with E-state index >= 15 is 0 Å². The van der Waals surface area contributed by atoms with Gasteiger partial charge in [-0.3, -0.25) is 0 Å². The number of nitrogens with two attached hydrogens (primary N) is 1. The predicted molar refractivity (Wildman–Crippen MR) is 78.3 cm³/mol. The Labute approximate surface area is 111 Å². The molecule has 19 heavy (non-hydrogen) atoms. The van der Waals surface area contributed by atoms with Crippen LogP contribution in [0.3, 0.4) is 0 Å². The molecule has 0 aliphatic rings. The number of fused-ring (bicyclic) bond motifs is 3. The maximum Gasteiger partial charge on any atom is 0.143 e. The van der Waals surface area contributed by atoms with Gasteiger partial charge in [0.2, 0.25) is 0 Å². The van der Waals surface area contributed by atoms with Gasteiger partial charge in [0.05, 0.1) is 5.39 Å². The topological polar surface area (TPSA) is 79.6 Å². The van der Waals surface area contributed by atoms with Crippen molar-refractivity contribution in [1.82, 2.24) is 15.0 Å². The van der Waals surface area contributed by atoms with Crippen LogP contribution in [0.2, 0.25) is 0 Å². The van der Waals surface area contributed by atoms with E-state index in [-0.39, 0.29) is 0 Å². The molecule has 5 heteroatoms. The normalized spacial score (nSPS) is 11.3. The van der Waals surface area contributed by atoms with Crippen LogP contribution < -0.4 is 11.1 Å². The minimum atomic E-state index is 0.675. The highest BCUT2D eigenvalue weighted by molar-refractivity contribution is 6.11. The quantitative estimate of drug-likeness (QED) is 0.624. The summed E-state index contributed by atoms with van der Waals surface area (Å²) < 4.78 is 0. The van der Waals surface area contributed by atoms with E-state index in [1.54, 1.807) is 6.33 Å². The van der Waals surface area contributed by atoms with Gasteiger partial charge in [-0.05, 0) is 31.5 Å². The molecule has 3 rings (SSSR count). The zero-order valence-corrected chi connectivity index (χ0v) is 10.9. The molecule has 2 heterocycles. The van der Waals surface area contributed by atoms with Crippen LogP contribution in [0.15, 0.2) is 24.5 Å². The molecule has 0 fully saturated rings. The van der Waals surface area contributed by atoms with Crippen molar-refractivity contribution in [3.05, 3.63) is 30.1 Å². The van der Waals surface area contributed by atoms with E-state index in [1.165, 1.54) is 5.56 Å². The number of nitrogens with zero attached hydrogens (tertiary/aromatic N) is 2. The van der Waals surface area contributed by atoms with Gasteiger partial charge >= 0.3 is 0 Å². The molecular weight excluding hydrogens is 238 g/mol. The molecule has 0 unspecified atom stereocenters. The second-order valence-corrected chi connectivity index (χ2v) is 4.69. The Hall–Kier alpha value is -2.14. The second-order valence-electron chi connectivity index (χ2n) is 4.69. The second kappa shape index (κ2) is 4.85. The van der Waals surface area contributed by atoms with Gasteiger partial charge in [0.25, 0.3) is 0 Å². The summed E-state index contributed by atoms with van der Waals surface area (Å²) in [5.41, 5.74) is 8.70. The van der Waals surface area contributed by atoms with Crippen molar-refractivity contribution in [2.45, 2.75) is 13.3 Å². The first-order valence-electron chi connectivity index (χ1n) is 6.46. The highest BCUT2D eigenvalue weighted by Crippen LogP contribution is 2.29. The van der Waals surface area contributed by atoms with Gasteiger partial charge in [-0.25, -0.2) is 9.97 Å². The third-order valence-electron chi connectivity index (χ3n) is 3.22. The number of aryl methyl sites for hydroxylation is 1. The molecule has 98 valence electrons. The standard InChI is InChI=1S/C14H17N5/c1-9-3-4-10-11(7-9)19-14-12(10)13(17-8-18-14)16-6-2-5-15/h3-4,7-8H,2,5-6,15H2,1H3,(H2,16,17,18,19). The van der Waals surface area contributed by atoms with Crippen molar-refractivity contribution >= 4 is 27.8 Å². The number of rotatable bonds is 4. The molecule has 1 aromatic carbocycles. The van der Waals surface area contributed by atoms with E-state index in [2.05, 4.69) is 45.4 Å². The van der Waals surface area contributed by atoms with Crippen LogP contribution in [0.1, 0.15) is 12.0 Å². The lowest BCUT2D eigenvalue weighted by Gasteiger charge is -2.05. The molecule has 0 amide bonds. The van der Waals surface area contributed by atoms with E-state index in [0.29, 0.717) is 6.54 Å². The lowest BCUT2D eigenvalue weighted by Crippen LogP contribution is -2.09. The summed E-state index contributed by atoms with van der Waals surface area (Å²) in [5, 5.41) is 5.53. The van der Waals surface area contributed by atoms with Crippen LogP contribution in [-0.4, -0.2) is 28.0 Å². The van der Waals surface area contributed by atoms with Crippen LogP contribution in [0.4, 0.5) is 5.82 Å². The van der Waals surface area contributed by atoms with Gasteiger partial charge in [0.1, 0.15) is 17.8 Å². The molecule has 0 radical (unpaired) electrons. The van der Waals surface area contributed by atoms with Crippen molar-refractivity contribution < 1.29 is 0 Å². The Bertz CT molecular complexity index is 716. The Kier molecular flexibility index (Phi) is 3.05. The Morgan fingerprint density at radius 1 is 1.32 bits per heavy atom. The van der Waals surface area contributed by atoms with Crippen molar-refractivity contribution in [2.24, 2.45) is 5.73 Å². The van der Waals surface area contributed by atoms with Crippen molar-refractivity contribution in [2.75, 3.05) is 18.4 Å².